The summed E-state index contributed by atoms with van der Waals surface area (Å²) in [6, 6.07) is 9.73. The van der Waals surface area contributed by atoms with Crippen LogP contribution in [-0.4, -0.2) is 21.4 Å². The van der Waals surface area contributed by atoms with Crippen molar-refractivity contribution in [2.45, 2.75) is 13.8 Å². The van der Waals surface area contributed by atoms with Gasteiger partial charge in [0.25, 0.3) is 0 Å². The van der Waals surface area contributed by atoms with Gasteiger partial charge in [0.1, 0.15) is 0 Å². The van der Waals surface area contributed by atoms with Gasteiger partial charge in [0, 0.05) is 0 Å². The van der Waals surface area contributed by atoms with E-state index in [1.54, 1.807) is 4.68 Å². The molecule has 17 heavy (non-hydrogen) atoms. The van der Waals surface area contributed by atoms with Gasteiger partial charge in [0.2, 0.25) is 0 Å². The summed E-state index contributed by atoms with van der Waals surface area (Å²) in [7, 11) is 0. The SMILES string of the molecule is Cc1nn(-c2ccccc2)c(C)c1C(=O)CCl. The Morgan fingerprint density at radius 2 is 1.94 bits per heavy atom. The highest BCUT2D eigenvalue weighted by Crippen LogP contribution is 2.18. The first-order valence-corrected chi connectivity index (χ1v) is 5.89. The van der Waals surface area contributed by atoms with Gasteiger partial charge in [-0.1, -0.05) is 18.2 Å². The molecule has 2 aromatic rings. The number of aromatic nitrogens is 2. The van der Waals surface area contributed by atoms with Crippen molar-refractivity contribution < 1.29 is 4.79 Å². The van der Waals surface area contributed by atoms with Gasteiger partial charge in [-0.2, -0.15) is 5.10 Å². The van der Waals surface area contributed by atoms with Crippen molar-refractivity contribution in [2.24, 2.45) is 0 Å². The van der Waals surface area contributed by atoms with Crippen LogP contribution in [0.1, 0.15) is 21.7 Å². The second-order valence-corrected chi connectivity index (χ2v) is 4.12. The molecule has 0 saturated carbocycles. The molecule has 0 radical (unpaired) electrons. The molecule has 0 amide bonds. The second kappa shape index (κ2) is 4.72. The number of carbonyl (C=O) groups excluding carboxylic acids is 1. The molecule has 1 heterocycles. The van der Waals surface area contributed by atoms with Gasteiger partial charge in [-0.3, -0.25) is 4.79 Å². The van der Waals surface area contributed by atoms with Gasteiger partial charge in [-0.15, -0.1) is 11.6 Å². The molecular formula is C13H13ClN2O. The minimum atomic E-state index is -0.0798. The van der Waals surface area contributed by atoms with Crippen molar-refractivity contribution in [2.75, 3.05) is 5.88 Å². The molecule has 0 atom stereocenters. The number of Topliss-reactive ketones (excluding diaryl/α,β-unsaturated/α-hetero) is 1. The van der Waals surface area contributed by atoms with Gasteiger partial charge in [0.15, 0.2) is 5.78 Å². The smallest absolute Gasteiger partial charge is 0.181 e. The molecule has 0 N–H and O–H groups in total. The van der Waals surface area contributed by atoms with Crippen molar-refractivity contribution in [3.8, 4) is 5.69 Å². The van der Waals surface area contributed by atoms with Crippen LogP contribution in [-0.2, 0) is 0 Å². The van der Waals surface area contributed by atoms with Crippen LogP contribution in [0.25, 0.3) is 5.69 Å². The fourth-order valence-corrected chi connectivity index (χ4v) is 2.07. The zero-order valence-corrected chi connectivity index (χ0v) is 10.5. The van der Waals surface area contributed by atoms with E-state index in [2.05, 4.69) is 5.10 Å². The Balaban J connectivity index is 2.56. The van der Waals surface area contributed by atoms with Crippen molar-refractivity contribution in [3.05, 3.63) is 47.3 Å². The van der Waals surface area contributed by atoms with E-state index in [1.165, 1.54) is 0 Å². The Hall–Kier alpha value is -1.61. The third-order valence-electron chi connectivity index (χ3n) is 2.69. The Morgan fingerprint density at radius 1 is 1.29 bits per heavy atom. The van der Waals surface area contributed by atoms with Gasteiger partial charge < -0.3 is 0 Å². The Morgan fingerprint density at radius 3 is 2.53 bits per heavy atom. The number of rotatable bonds is 3. The first kappa shape index (κ1) is 11.9. The molecule has 1 aromatic heterocycles. The summed E-state index contributed by atoms with van der Waals surface area (Å²) in [4.78, 5) is 11.7. The van der Waals surface area contributed by atoms with Crippen LogP contribution in [0.15, 0.2) is 30.3 Å². The standard InChI is InChI=1S/C13H13ClN2O/c1-9-13(12(17)8-14)10(2)16(15-9)11-6-4-3-5-7-11/h3-7H,8H2,1-2H3. The second-order valence-electron chi connectivity index (χ2n) is 3.85. The van der Waals surface area contributed by atoms with Crippen LogP contribution in [0, 0.1) is 13.8 Å². The van der Waals surface area contributed by atoms with E-state index in [0.29, 0.717) is 5.56 Å². The molecule has 3 nitrogen and oxygen atoms in total. The quantitative estimate of drug-likeness (QED) is 0.618. The highest BCUT2D eigenvalue weighted by Gasteiger charge is 2.18. The number of halogens is 1. The van der Waals surface area contributed by atoms with E-state index < -0.39 is 0 Å². The number of para-hydroxylation sites is 1. The minimum absolute atomic E-state index is 0.0117. The predicted molar refractivity (Wildman–Crippen MR) is 68.1 cm³/mol. The summed E-state index contributed by atoms with van der Waals surface area (Å²) >= 11 is 5.60. The topological polar surface area (TPSA) is 34.9 Å². The molecule has 0 aliphatic heterocycles. The lowest BCUT2D eigenvalue weighted by molar-refractivity contribution is 0.102. The van der Waals surface area contributed by atoms with Crippen LogP contribution >= 0.6 is 11.6 Å². The van der Waals surface area contributed by atoms with E-state index >= 15 is 0 Å². The highest BCUT2D eigenvalue weighted by atomic mass is 35.5. The molecule has 0 saturated heterocycles. The number of hydrogen-bond donors (Lipinski definition) is 0. The third kappa shape index (κ3) is 2.11. The normalized spacial score (nSPS) is 10.5. The van der Waals surface area contributed by atoms with Gasteiger partial charge in [-0.25, -0.2) is 4.68 Å². The van der Waals surface area contributed by atoms with Crippen molar-refractivity contribution >= 4 is 17.4 Å². The number of ketones is 1. The van der Waals surface area contributed by atoms with Crippen molar-refractivity contribution in [1.29, 1.82) is 0 Å². The summed E-state index contributed by atoms with van der Waals surface area (Å²) in [5, 5.41) is 4.39. The van der Waals surface area contributed by atoms with E-state index in [9.17, 15) is 4.79 Å². The number of nitrogens with zero attached hydrogens (tertiary/aromatic N) is 2. The predicted octanol–water partition coefficient (Wildman–Crippen LogP) is 2.91. The molecule has 0 spiro atoms. The molecule has 0 aliphatic carbocycles. The van der Waals surface area contributed by atoms with Crippen LogP contribution < -0.4 is 0 Å². The summed E-state index contributed by atoms with van der Waals surface area (Å²) in [5.74, 6) is -0.0915. The van der Waals surface area contributed by atoms with Crippen LogP contribution in [0.4, 0.5) is 0 Å². The summed E-state index contributed by atoms with van der Waals surface area (Å²) in [6.07, 6.45) is 0. The van der Waals surface area contributed by atoms with Gasteiger partial charge in [0.05, 0.1) is 28.5 Å². The fraction of sp³-hybridized carbons (Fsp3) is 0.231. The Bertz CT molecular complexity index is 546. The number of hydrogen-bond acceptors (Lipinski definition) is 2. The first-order valence-electron chi connectivity index (χ1n) is 5.36. The van der Waals surface area contributed by atoms with E-state index in [-0.39, 0.29) is 11.7 Å². The molecule has 0 bridgehead atoms. The largest absolute Gasteiger partial charge is 0.293 e. The summed E-state index contributed by atoms with van der Waals surface area (Å²) in [5.41, 5.74) is 3.13. The molecule has 2 rings (SSSR count). The molecular weight excluding hydrogens is 236 g/mol. The third-order valence-corrected chi connectivity index (χ3v) is 2.94. The monoisotopic (exact) mass is 248 g/mol. The maximum atomic E-state index is 11.7. The lowest BCUT2D eigenvalue weighted by Gasteiger charge is -2.03. The fourth-order valence-electron chi connectivity index (χ4n) is 1.93. The number of alkyl halides is 1. The summed E-state index contributed by atoms with van der Waals surface area (Å²) in [6.45, 7) is 3.71. The van der Waals surface area contributed by atoms with Crippen LogP contribution in [0.3, 0.4) is 0 Å². The molecule has 1 aromatic carbocycles. The Labute approximate surface area is 105 Å². The number of benzene rings is 1. The van der Waals surface area contributed by atoms with Crippen LogP contribution in [0.2, 0.25) is 0 Å². The molecule has 88 valence electrons. The average molecular weight is 249 g/mol. The van der Waals surface area contributed by atoms with Crippen molar-refractivity contribution in [1.82, 2.24) is 9.78 Å². The maximum absolute atomic E-state index is 11.7. The molecule has 0 unspecified atom stereocenters. The zero-order chi connectivity index (χ0) is 12.4. The van der Waals surface area contributed by atoms with E-state index in [4.69, 9.17) is 11.6 Å². The Kier molecular flexibility index (Phi) is 3.29. The summed E-state index contributed by atoms with van der Waals surface area (Å²) < 4.78 is 1.77. The molecule has 0 fully saturated rings. The average Bonchev–Trinajstić information content (AvgIpc) is 2.65. The first-order chi connectivity index (χ1) is 8.15. The lowest BCUT2D eigenvalue weighted by atomic mass is 10.1. The van der Waals surface area contributed by atoms with Crippen molar-refractivity contribution in [3.63, 3.8) is 0 Å². The lowest BCUT2D eigenvalue weighted by Crippen LogP contribution is -2.04. The number of aryl methyl sites for hydroxylation is 1. The van der Waals surface area contributed by atoms with Gasteiger partial charge in [-0.05, 0) is 26.0 Å². The van der Waals surface area contributed by atoms with E-state index in [1.807, 2.05) is 44.2 Å². The molecule has 4 heteroatoms. The zero-order valence-electron chi connectivity index (χ0n) is 9.77. The van der Waals surface area contributed by atoms with Gasteiger partial charge >= 0.3 is 0 Å². The molecule has 0 aliphatic rings. The van der Waals surface area contributed by atoms with Crippen LogP contribution in [0.5, 0.6) is 0 Å². The minimum Gasteiger partial charge on any atom is -0.293 e. The number of carbonyl (C=O) groups is 1. The van der Waals surface area contributed by atoms with E-state index in [0.717, 1.165) is 17.1 Å². The highest BCUT2D eigenvalue weighted by molar-refractivity contribution is 6.30. The maximum Gasteiger partial charge on any atom is 0.181 e.